The predicted molar refractivity (Wildman–Crippen MR) is 93.0 cm³/mol. The first-order valence-corrected chi connectivity index (χ1v) is 8.51. The van der Waals surface area contributed by atoms with Crippen molar-refractivity contribution >= 4 is 17.7 Å². The van der Waals surface area contributed by atoms with E-state index in [0.717, 1.165) is 21.9 Å². The standard InChI is InChI=1S/C18H21NO3S/c1-13(2)23-18-16(5-3-11-19-18)14-7-9-15(10-8-14)22-12-4-6-17(20)21/h3,5,7-11,13H,4,6,12H2,1-2H3,(H,20,21). The van der Waals surface area contributed by atoms with E-state index in [-0.39, 0.29) is 6.42 Å². The molecule has 0 radical (unpaired) electrons. The zero-order chi connectivity index (χ0) is 16.7. The molecule has 0 aliphatic carbocycles. The summed E-state index contributed by atoms with van der Waals surface area (Å²) >= 11 is 1.75. The number of thioether (sulfide) groups is 1. The Morgan fingerprint density at radius 1 is 1.26 bits per heavy atom. The molecule has 4 nitrogen and oxygen atoms in total. The SMILES string of the molecule is CC(C)Sc1ncccc1-c1ccc(OCCCC(=O)O)cc1. The lowest BCUT2D eigenvalue weighted by Gasteiger charge is -2.11. The van der Waals surface area contributed by atoms with E-state index in [4.69, 9.17) is 9.84 Å². The quantitative estimate of drug-likeness (QED) is 0.570. The zero-order valence-electron chi connectivity index (χ0n) is 13.4. The van der Waals surface area contributed by atoms with Crippen molar-refractivity contribution in [3.63, 3.8) is 0 Å². The number of nitrogens with zero attached hydrogens (tertiary/aromatic N) is 1. The van der Waals surface area contributed by atoms with Crippen LogP contribution in [0, 0.1) is 0 Å². The van der Waals surface area contributed by atoms with Crippen LogP contribution in [-0.2, 0) is 4.79 Å². The molecule has 1 aromatic carbocycles. The number of aliphatic carboxylic acids is 1. The molecule has 0 aliphatic heterocycles. The first kappa shape index (κ1) is 17.3. The van der Waals surface area contributed by atoms with Crippen molar-refractivity contribution < 1.29 is 14.6 Å². The summed E-state index contributed by atoms with van der Waals surface area (Å²) in [6, 6.07) is 11.8. The van der Waals surface area contributed by atoms with Crippen molar-refractivity contribution in [1.82, 2.24) is 4.98 Å². The summed E-state index contributed by atoms with van der Waals surface area (Å²) < 4.78 is 5.56. The summed E-state index contributed by atoms with van der Waals surface area (Å²) in [6.07, 6.45) is 2.45. The third-order valence-corrected chi connectivity index (χ3v) is 4.11. The maximum Gasteiger partial charge on any atom is 0.303 e. The Bertz CT molecular complexity index is 641. The third-order valence-electron chi connectivity index (χ3n) is 3.09. The number of hydrogen-bond acceptors (Lipinski definition) is 4. The Labute approximate surface area is 140 Å². The van der Waals surface area contributed by atoms with Gasteiger partial charge in [0.05, 0.1) is 6.61 Å². The molecule has 0 saturated heterocycles. The van der Waals surface area contributed by atoms with Crippen LogP contribution in [0.1, 0.15) is 26.7 Å². The van der Waals surface area contributed by atoms with E-state index < -0.39 is 5.97 Å². The van der Waals surface area contributed by atoms with Gasteiger partial charge in [0.25, 0.3) is 0 Å². The second-order valence-corrected chi connectivity index (χ2v) is 6.96. The summed E-state index contributed by atoms with van der Waals surface area (Å²) in [5.41, 5.74) is 2.21. The first-order valence-electron chi connectivity index (χ1n) is 7.63. The number of benzene rings is 1. The van der Waals surface area contributed by atoms with Gasteiger partial charge in [0.2, 0.25) is 0 Å². The molecule has 0 amide bonds. The second-order valence-electron chi connectivity index (χ2n) is 5.39. The smallest absolute Gasteiger partial charge is 0.303 e. The molecule has 0 bridgehead atoms. The van der Waals surface area contributed by atoms with Crippen LogP contribution >= 0.6 is 11.8 Å². The molecule has 0 aliphatic rings. The van der Waals surface area contributed by atoms with Gasteiger partial charge >= 0.3 is 5.97 Å². The molecule has 1 heterocycles. The number of ether oxygens (including phenoxy) is 1. The molecule has 0 spiro atoms. The van der Waals surface area contributed by atoms with Crippen LogP contribution in [-0.4, -0.2) is 27.9 Å². The van der Waals surface area contributed by atoms with E-state index >= 15 is 0 Å². The van der Waals surface area contributed by atoms with Crippen molar-refractivity contribution in [2.75, 3.05) is 6.61 Å². The van der Waals surface area contributed by atoms with Crippen molar-refractivity contribution in [1.29, 1.82) is 0 Å². The lowest BCUT2D eigenvalue weighted by atomic mass is 10.1. The first-order chi connectivity index (χ1) is 11.1. The number of rotatable bonds is 8. The number of carboxylic acid groups (broad SMARTS) is 1. The third kappa shape index (κ3) is 5.60. The Morgan fingerprint density at radius 2 is 2.00 bits per heavy atom. The van der Waals surface area contributed by atoms with Gasteiger partial charge < -0.3 is 9.84 Å². The van der Waals surface area contributed by atoms with E-state index in [9.17, 15) is 4.79 Å². The molecule has 2 aromatic rings. The Kier molecular flexibility index (Phi) is 6.47. The van der Waals surface area contributed by atoms with Gasteiger partial charge in [0.15, 0.2) is 0 Å². The number of hydrogen-bond donors (Lipinski definition) is 1. The number of aromatic nitrogens is 1. The molecule has 1 aromatic heterocycles. The normalized spacial score (nSPS) is 10.7. The summed E-state index contributed by atoms with van der Waals surface area (Å²) in [5, 5.41) is 10.1. The molecule has 2 rings (SSSR count). The molecular formula is C18H21NO3S. The van der Waals surface area contributed by atoms with Gasteiger partial charge in [-0.05, 0) is 30.2 Å². The average Bonchev–Trinajstić information content (AvgIpc) is 2.52. The highest BCUT2D eigenvalue weighted by Gasteiger charge is 2.08. The summed E-state index contributed by atoms with van der Waals surface area (Å²) in [7, 11) is 0. The molecule has 0 unspecified atom stereocenters. The van der Waals surface area contributed by atoms with E-state index in [1.54, 1.807) is 11.8 Å². The number of pyridine rings is 1. The fourth-order valence-corrected chi connectivity index (χ4v) is 2.95. The molecule has 0 atom stereocenters. The number of carboxylic acids is 1. The van der Waals surface area contributed by atoms with Gasteiger partial charge in [-0.25, -0.2) is 4.98 Å². The van der Waals surface area contributed by atoms with Crippen LogP contribution in [0.5, 0.6) is 5.75 Å². The number of carbonyl (C=O) groups is 1. The highest BCUT2D eigenvalue weighted by Crippen LogP contribution is 2.32. The van der Waals surface area contributed by atoms with Gasteiger partial charge in [-0.15, -0.1) is 11.8 Å². The molecule has 0 fully saturated rings. The van der Waals surface area contributed by atoms with E-state index in [1.807, 2.05) is 36.5 Å². The van der Waals surface area contributed by atoms with Crippen molar-refractivity contribution in [3.8, 4) is 16.9 Å². The van der Waals surface area contributed by atoms with Gasteiger partial charge in [0, 0.05) is 23.4 Å². The van der Waals surface area contributed by atoms with Crippen LogP contribution in [0.2, 0.25) is 0 Å². The molecule has 23 heavy (non-hydrogen) atoms. The zero-order valence-corrected chi connectivity index (χ0v) is 14.2. The molecule has 0 saturated carbocycles. The van der Waals surface area contributed by atoms with Crippen molar-refractivity contribution in [2.45, 2.75) is 37.0 Å². The maximum absolute atomic E-state index is 10.5. The van der Waals surface area contributed by atoms with Crippen LogP contribution in [0.25, 0.3) is 11.1 Å². The highest BCUT2D eigenvalue weighted by atomic mass is 32.2. The maximum atomic E-state index is 10.5. The minimum absolute atomic E-state index is 0.129. The monoisotopic (exact) mass is 331 g/mol. The van der Waals surface area contributed by atoms with E-state index in [0.29, 0.717) is 18.3 Å². The summed E-state index contributed by atoms with van der Waals surface area (Å²) in [6.45, 7) is 4.71. The Balaban J connectivity index is 2.03. The van der Waals surface area contributed by atoms with Gasteiger partial charge in [0.1, 0.15) is 10.8 Å². The van der Waals surface area contributed by atoms with Gasteiger partial charge in [-0.2, -0.15) is 0 Å². The molecule has 122 valence electrons. The molecule has 1 N–H and O–H groups in total. The fraction of sp³-hybridized carbons (Fsp3) is 0.333. The minimum atomic E-state index is -0.796. The lowest BCUT2D eigenvalue weighted by Crippen LogP contribution is -2.01. The van der Waals surface area contributed by atoms with Gasteiger partial charge in [-0.1, -0.05) is 32.0 Å². The Hall–Kier alpha value is -2.01. The predicted octanol–water partition coefficient (Wildman–Crippen LogP) is 4.49. The largest absolute Gasteiger partial charge is 0.494 e. The highest BCUT2D eigenvalue weighted by molar-refractivity contribution is 7.99. The van der Waals surface area contributed by atoms with E-state index in [2.05, 4.69) is 24.9 Å². The lowest BCUT2D eigenvalue weighted by molar-refractivity contribution is -0.137. The Morgan fingerprint density at radius 3 is 2.65 bits per heavy atom. The minimum Gasteiger partial charge on any atom is -0.494 e. The van der Waals surface area contributed by atoms with E-state index in [1.165, 1.54) is 0 Å². The summed E-state index contributed by atoms with van der Waals surface area (Å²) in [5.74, 6) is -0.0446. The molecule has 5 heteroatoms. The average molecular weight is 331 g/mol. The van der Waals surface area contributed by atoms with Crippen molar-refractivity contribution in [2.24, 2.45) is 0 Å². The van der Waals surface area contributed by atoms with Crippen LogP contribution < -0.4 is 4.74 Å². The topological polar surface area (TPSA) is 59.4 Å². The van der Waals surface area contributed by atoms with Crippen LogP contribution in [0.4, 0.5) is 0 Å². The second kappa shape index (κ2) is 8.58. The van der Waals surface area contributed by atoms with Crippen molar-refractivity contribution in [3.05, 3.63) is 42.6 Å². The summed E-state index contributed by atoms with van der Waals surface area (Å²) in [4.78, 5) is 14.9. The fourth-order valence-electron chi connectivity index (χ4n) is 2.07. The van der Waals surface area contributed by atoms with Gasteiger partial charge in [-0.3, -0.25) is 4.79 Å². The molecular weight excluding hydrogens is 310 g/mol. The van der Waals surface area contributed by atoms with Crippen LogP contribution in [0.15, 0.2) is 47.6 Å². The van der Waals surface area contributed by atoms with Crippen LogP contribution in [0.3, 0.4) is 0 Å².